The smallest absolute Gasteiger partial charge is 0.119 e. The Balaban J connectivity index is 2.49. The summed E-state index contributed by atoms with van der Waals surface area (Å²) in [6.45, 7) is 12.5. The van der Waals surface area contributed by atoms with Crippen LogP contribution in [0.2, 0.25) is 0 Å². The molecule has 0 heterocycles. The third-order valence-corrected chi connectivity index (χ3v) is 2.62. The molecule has 0 bridgehead atoms. The second-order valence-corrected chi connectivity index (χ2v) is 5.74. The second kappa shape index (κ2) is 6.06. The fraction of sp³-hybridized carbons (Fsp3) is 0.600. The Labute approximate surface area is 105 Å². The van der Waals surface area contributed by atoms with Crippen LogP contribution >= 0.6 is 0 Å². The van der Waals surface area contributed by atoms with Crippen LogP contribution in [0.25, 0.3) is 0 Å². The first-order valence-corrected chi connectivity index (χ1v) is 6.36. The molecule has 0 saturated heterocycles. The molecule has 17 heavy (non-hydrogen) atoms. The van der Waals surface area contributed by atoms with Gasteiger partial charge in [0.2, 0.25) is 0 Å². The Morgan fingerprint density at radius 2 is 1.94 bits per heavy atom. The van der Waals surface area contributed by atoms with Gasteiger partial charge in [0, 0.05) is 12.6 Å². The van der Waals surface area contributed by atoms with E-state index in [1.807, 2.05) is 6.07 Å². The normalized spacial score (nSPS) is 11.9. The summed E-state index contributed by atoms with van der Waals surface area (Å²) in [5, 5.41) is 3.34. The van der Waals surface area contributed by atoms with Crippen molar-refractivity contribution in [2.24, 2.45) is 0 Å². The first-order valence-electron chi connectivity index (χ1n) is 6.36. The van der Waals surface area contributed by atoms with Gasteiger partial charge in [-0.2, -0.15) is 0 Å². The second-order valence-electron chi connectivity index (χ2n) is 5.74. The van der Waals surface area contributed by atoms with Crippen LogP contribution in [0.4, 0.5) is 0 Å². The first-order chi connectivity index (χ1) is 7.89. The van der Waals surface area contributed by atoms with Crippen molar-refractivity contribution in [3.05, 3.63) is 29.8 Å². The number of rotatable bonds is 5. The quantitative estimate of drug-likeness (QED) is 0.790. The first kappa shape index (κ1) is 14.0. The van der Waals surface area contributed by atoms with E-state index in [4.69, 9.17) is 4.74 Å². The molecule has 0 saturated carbocycles. The zero-order valence-electron chi connectivity index (χ0n) is 11.7. The summed E-state index contributed by atoms with van der Waals surface area (Å²) in [5.74, 6) is 0.961. The average Bonchev–Trinajstić information content (AvgIpc) is 2.23. The minimum Gasteiger partial charge on any atom is -0.492 e. The van der Waals surface area contributed by atoms with Crippen LogP contribution < -0.4 is 10.1 Å². The molecule has 1 aromatic carbocycles. The standard InChI is InChI=1S/C15H25NO/c1-12(2)16-9-10-17-14-8-6-7-13(11-14)15(3,4)5/h6-8,11-12,16H,9-10H2,1-5H3. The molecule has 0 aliphatic heterocycles. The molecule has 1 N–H and O–H groups in total. The van der Waals surface area contributed by atoms with Gasteiger partial charge in [-0.3, -0.25) is 0 Å². The Kier molecular flexibility index (Phi) is 5.01. The molecule has 0 aromatic heterocycles. The van der Waals surface area contributed by atoms with Gasteiger partial charge in [0.15, 0.2) is 0 Å². The highest BCUT2D eigenvalue weighted by atomic mass is 16.5. The maximum absolute atomic E-state index is 5.73. The topological polar surface area (TPSA) is 21.3 Å². The molecule has 0 aliphatic rings. The lowest BCUT2D eigenvalue weighted by atomic mass is 9.87. The van der Waals surface area contributed by atoms with E-state index < -0.39 is 0 Å². The lowest BCUT2D eigenvalue weighted by molar-refractivity contribution is 0.308. The molecule has 0 radical (unpaired) electrons. The maximum Gasteiger partial charge on any atom is 0.119 e. The van der Waals surface area contributed by atoms with Crippen molar-refractivity contribution in [3.8, 4) is 5.75 Å². The van der Waals surface area contributed by atoms with Crippen molar-refractivity contribution in [2.75, 3.05) is 13.2 Å². The van der Waals surface area contributed by atoms with Crippen LogP contribution in [0.15, 0.2) is 24.3 Å². The van der Waals surface area contributed by atoms with Crippen LogP contribution in [-0.4, -0.2) is 19.2 Å². The molecule has 1 rings (SSSR count). The van der Waals surface area contributed by atoms with Crippen molar-refractivity contribution in [2.45, 2.75) is 46.1 Å². The van der Waals surface area contributed by atoms with Crippen molar-refractivity contribution < 1.29 is 4.74 Å². The van der Waals surface area contributed by atoms with Gasteiger partial charge >= 0.3 is 0 Å². The average molecular weight is 235 g/mol. The van der Waals surface area contributed by atoms with Crippen LogP contribution in [0.5, 0.6) is 5.75 Å². The fourth-order valence-corrected chi connectivity index (χ4v) is 1.57. The predicted octanol–water partition coefficient (Wildman–Crippen LogP) is 3.36. The summed E-state index contributed by atoms with van der Waals surface area (Å²) in [6.07, 6.45) is 0. The van der Waals surface area contributed by atoms with E-state index in [9.17, 15) is 0 Å². The third kappa shape index (κ3) is 5.22. The Morgan fingerprint density at radius 3 is 2.53 bits per heavy atom. The molecule has 0 atom stereocenters. The number of hydrogen-bond donors (Lipinski definition) is 1. The molecule has 2 heteroatoms. The van der Waals surface area contributed by atoms with Gasteiger partial charge in [0.1, 0.15) is 12.4 Å². The van der Waals surface area contributed by atoms with Crippen LogP contribution in [-0.2, 0) is 5.41 Å². The lowest BCUT2D eigenvalue weighted by Crippen LogP contribution is -2.27. The largest absolute Gasteiger partial charge is 0.492 e. The molecular formula is C15H25NO. The SMILES string of the molecule is CC(C)NCCOc1cccc(C(C)(C)C)c1. The number of ether oxygens (including phenoxy) is 1. The predicted molar refractivity (Wildman–Crippen MR) is 73.8 cm³/mol. The fourth-order valence-electron chi connectivity index (χ4n) is 1.57. The molecule has 0 fully saturated rings. The Hall–Kier alpha value is -1.02. The minimum atomic E-state index is 0.176. The van der Waals surface area contributed by atoms with Gasteiger partial charge in [-0.15, -0.1) is 0 Å². The van der Waals surface area contributed by atoms with Crippen molar-refractivity contribution in [3.63, 3.8) is 0 Å². The molecule has 0 unspecified atom stereocenters. The van der Waals surface area contributed by atoms with Gasteiger partial charge in [-0.05, 0) is 23.1 Å². The van der Waals surface area contributed by atoms with Gasteiger partial charge < -0.3 is 10.1 Å². The van der Waals surface area contributed by atoms with Crippen LogP contribution in [0.3, 0.4) is 0 Å². The van der Waals surface area contributed by atoms with Crippen molar-refractivity contribution in [1.29, 1.82) is 0 Å². The summed E-state index contributed by atoms with van der Waals surface area (Å²) >= 11 is 0. The molecule has 0 aliphatic carbocycles. The van der Waals surface area contributed by atoms with Gasteiger partial charge in [0.05, 0.1) is 0 Å². The molecule has 1 aromatic rings. The molecule has 0 amide bonds. The van der Waals surface area contributed by atoms with E-state index >= 15 is 0 Å². The van der Waals surface area contributed by atoms with Crippen molar-refractivity contribution >= 4 is 0 Å². The Morgan fingerprint density at radius 1 is 1.24 bits per heavy atom. The van der Waals surface area contributed by atoms with E-state index in [1.165, 1.54) is 5.56 Å². The number of hydrogen-bond acceptors (Lipinski definition) is 2. The van der Waals surface area contributed by atoms with Crippen molar-refractivity contribution in [1.82, 2.24) is 5.32 Å². The van der Waals surface area contributed by atoms with Crippen LogP contribution in [0.1, 0.15) is 40.2 Å². The Bertz CT molecular complexity index is 339. The minimum absolute atomic E-state index is 0.176. The number of nitrogens with one attached hydrogen (secondary N) is 1. The monoisotopic (exact) mass is 235 g/mol. The maximum atomic E-state index is 5.73. The summed E-state index contributed by atoms with van der Waals surface area (Å²) < 4.78 is 5.73. The van der Waals surface area contributed by atoms with Crippen LogP contribution in [0, 0.1) is 0 Å². The number of benzene rings is 1. The van der Waals surface area contributed by atoms with Gasteiger partial charge in [0.25, 0.3) is 0 Å². The molecule has 96 valence electrons. The summed E-state index contributed by atoms with van der Waals surface area (Å²) in [4.78, 5) is 0. The van der Waals surface area contributed by atoms with Gasteiger partial charge in [-0.1, -0.05) is 46.8 Å². The summed E-state index contributed by atoms with van der Waals surface area (Å²) in [5.41, 5.74) is 1.49. The zero-order valence-corrected chi connectivity index (χ0v) is 11.7. The summed E-state index contributed by atoms with van der Waals surface area (Å²) in [6, 6.07) is 8.88. The van der Waals surface area contributed by atoms with Gasteiger partial charge in [-0.25, -0.2) is 0 Å². The van der Waals surface area contributed by atoms with E-state index in [-0.39, 0.29) is 5.41 Å². The highest BCUT2D eigenvalue weighted by molar-refractivity contribution is 5.32. The zero-order chi connectivity index (χ0) is 12.9. The van der Waals surface area contributed by atoms with E-state index in [1.54, 1.807) is 0 Å². The third-order valence-electron chi connectivity index (χ3n) is 2.62. The molecule has 2 nitrogen and oxygen atoms in total. The van der Waals surface area contributed by atoms with E-state index in [0.717, 1.165) is 12.3 Å². The van der Waals surface area contributed by atoms with E-state index in [2.05, 4.69) is 58.1 Å². The van der Waals surface area contributed by atoms with E-state index in [0.29, 0.717) is 12.6 Å². The molecular weight excluding hydrogens is 210 g/mol. The highest BCUT2D eigenvalue weighted by Crippen LogP contribution is 2.25. The summed E-state index contributed by atoms with van der Waals surface area (Å²) in [7, 11) is 0. The molecule has 0 spiro atoms. The highest BCUT2D eigenvalue weighted by Gasteiger charge is 2.13. The lowest BCUT2D eigenvalue weighted by Gasteiger charge is -2.19.